The number of hydrogen-bond acceptors (Lipinski definition) is 5. The minimum Gasteiger partial charge on any atom is -0.370 e. The van der Waals surface area contributed by atoms with Crippen molar-refractivity contribution in [3.63, 3.8) is 0 Å². The molecule has 0 aromatic carbocycles. The molecule has 6 heteroatoms. The largest absolute Gasteiger partial charge is 0.370 e. The molecule has 0 radical (unpaired) electrons. The maximum Gasteiger partial charge on any atom is 0.222 e. The summed E-state index contributed by atoms with van der Waals surface area (Å²) >= 11 is 0. The molecule has 1 fully saturated rings. The van der Waals surface area contributed by atoms with Gasteiger partial charge in [-0.2, -0.15) is 0 Å². The predicted molar refractivity (Wildman–Crippen MR) is 84.6 cm³/mol. The van der Waals surface area contributed by atoms with Crippen LogP contribution in [0.3, 0.4) is 0 Å². The van der Waals surface area contributed by atoms with Crippen molar-refractivity contribution in [3.8, 4) is 0 Å². The molecule has 1 amide bonds. The van der Waals surface area contributed by atoms with Gasteiger partial charge >= 0.3 is 0 Å². The summed E-state index contributed by atoms with van der Waals surface area (Å²) in [5.74, 6) is 2.18. The SMILES string of the molecule is CCCNc1ncnc(N2CCC(C(=O)NC)CC2)c1C. The van der Waals surface area contributed by atoms with Crippen LogP contribution in [0.5, 0.6) is 0 Å². The fourth-order valence-electron chi connectivity index (χ4n) is 2.74. The predicted octanol–water partition coefficient (Wildman–Crippen LogP) is 1.57. The summed E-state index contributed by atoms with van der Waals surface area (Å²) in [4.78, 5) is 22.7. The van der Waals surface area contributed by atoms with E-state index in [0.29, 0.717) is 0 Å². The standard InChI is InChI=1S/C15H25N5O/c1-4-7-17-13-11(2)14(19-10-18-13)20-8-5-12(6-9-20)15(21)16-3/h10,12H,4-9H2,1-3H3,(H,16,21)(H,17,18,19). The molecule has 1 aromatic rings. The molecule has 0 aliphatic carbocycles. The highest BCUT2D eigenvalue weighted by Gasteiger charge is 2.26. The zero-order valence-corrected chi connectivity index (χ0v) is 13.1. The Morgan fingerprint density at radius 2 is 2.10 bits per heavy atom. The van der Waals surface area contributed by atoms with Gasteiger partial charge in [-0.25, -0.2) is 9.97 Å². The van der Waals surface area contributed by atoms with Gasteiger partial charge in [0.25, 0.3) is 0 Å². The van der Waals surface area contributed by atoms with E-state index in [1.165, 1.54) is 0 Å². The van der Waals surface area contributed by atoms with Crippen LogP contribution in [0.1, 0.15) is 31.7 Å². The van der Waals surface area contributed by atoms with Crippen LogP contribution in [0.15, 0.2) is 6.33 Å². The van der Waals surface area contributed by atoms with Crippen LogP contribution in [0.25, 0.3) is 0 Å². The zero-order valence-electron chi connectivity index (χ0n) is 13.1. The van der Waals surface area contributed by atoms with Crippen LogP contribution < -0.4 is 15.5 Å². The molecule has 0 bridgehead atoms. The Bertz CT molecular complexity index is 483. The maximum atomic E-state index is 11.7. The number of rotatable bonds is 5. The fraction of sp³-hybridized carbons (Fsp3) is 0.667. The number of piperidine rings is 1. The molecule has 0 saturated carbocycles. The molecular formula is C15H25N5O. The molecule has 2 rings (SSSR count). The van der Waals surface area contributed by atoms with Crippen molar-refractivity contribution in [2.75, 3.05) is 36.9 Å². The van der Waals surface area contributed by atoms with Crippen molar-refractivity contribution >= 4 is 17.5 Å². The average molecular weight is 291 g/mol. The Kier molecular flexibility index (Phi) is 5.36. The first-order chi connectivity index (χ1) is 10.2. The Labute approximate surface area is 126 Å². The van der Waals surface area contributed by atoms with E-state index in [0.717, 1.165) is 56.1 Å². The van der Waals surface area contributed by atoms with E-state index in [9.17, 15) is 4.79 Å². The molecule has 2 N–H and O–H groups in total. The lowest BCUT2D eigenvalue weighted by Gasteiger charge is -2.33. The number of aromatic nitrogens is 2. The third-order valence-electron chi connectivity index (χ3n) is 4.01. The number of anilines is 2. The highest BCUT2D eigenvalue weighted by molar-refractivity contribution is 5.78. The van der Waals surface area contributed by atoms with Crippen LogP contribution >= 0.6 is 0 Å². The summed E-state index contributed by atoms with van der Waals surface area (Å²) < 4.78 is 0. The summed E-state index contributed by atoms with van der Waals surface area (Å²) in [7, 11) is 1.70. The van der Waals surface area contributed by atoms with Crippen molar-refractivity contribution < 1.29 is 4.79 Å². The number of hydrogen-bond donors (Lipinski definition) is 2. The molecule has 1 aliphatic rings. The Hall–Kier alpha value is -1.85. The van der Waals surface area contributed by atoms with Gasteiger partial charge < -0.3 is 15.5 Å². The first-order valence-electron chi connectivity index (χ1n) is 7.69. The van der Waals surface area contributed by atoms with Gasteiger partial charge in [0.05, 0.1) is 0 Å². The van der Waals surface area contributed by atoms with Crippen LogP contribution in [-0.2, 0) is 4.79 Å². The highest BCUT2D eigenvalue weighted by Crippen LogP contribution is 2.27. The Morgan fingerprint density at radius 1 is 1.38 bits per heavy atom. The summed E-state index contributed by atoms with van der Waals surface area (Å²) in [6, 6.07) is 0. The molecule has 0 atom stereocenters. The molecular weight excluding hydrogens is 266 g/mol. The van der Waals surface area contributed by atoms with Crippen LogP contribution in [-0.4, -0.2) is 42.6 Å². The molecule has 0 unspecified atom stereocenters. The van der Waals surface area contributed by atoms with Gasteiger partial charge in [0.15, 0.2) is 0 Å². The van der Waals surface area contributed by atoms with E-state index in [1.54, 1.807) is 13.4 Å². The lowest BCUT2D eigenvalue weighted by molar-refractivity contribution is -0.125. The summed E-state index contributed by atoms with van der Waals surface area (Å²) in [6.07, 6.45) is 4.43. The maximum absolute atomic E-state index is 11.7. The number of nitrogens with zero attached hydrogens (tertiary/aromatic N) is 3. The number of carbonyl (C=O) groups is 1. The quantitative estimate of drug-likeness (QED) is 0.862. The van der Waals surface area contributed by atoms with Crippen LogP contribution in [0, 0.1) is 12.8 Å². The molecule has 1 aromatic heterocycles. The van der Waals surface area contributed by atoms with E-state index in [4.69, 9.17) is 0 Å². The van der Waals surface area contributed by atoms with Crippen molar-refractivity contribution in [1.29, 1.82) is 0 Å². The van der Waals surface area contributed by atoms with Crippen molar-refractivity contribution in [3.05, 3.63) is 11.9 Å². The summed E-state index contributed by atoms with van der Waals surface area (Å²) in [5.41, 5.74) is 1.09. The van der Waals surface area contributed by atoms with Gasteiger partial charge in [-0.15, -0.1) is 0 Å². The first-order valence-corrected chi connectivity index (χ1v) is 7.69. The monoisotopic (exact) mass is 291 g/mol. The summed E-state index contributed by atoms with van der Waals surface area (Å²) in [5, 5.41) is 6.08. The second kappa shape index (κ2) is 7.24. The van der Waals surface area contributed by atoms with Crippen molar-refractivity contribution in [2.45, 2.75) is 33.1 Å². The van der Waals surface area contributed by atoms with E-state index in [-0.39, 0.29) is 11.8 Å². The van der Waals surface area contributed by atoms with Crippen LogP contribution in [0.2, 0.25) is 0 Å². The molecule has 116 valence electrons. The minimum atomic E-state index is 0.131. The first kappa shape index (κ1) is 15.5. The van der Waals surface area contributed by atoms with E-state index >= 15 is 0 Å². The molecule has 2 heterocycles. The average Bonchev–Trinajstić information content (AvgIpc) is 2.53. The zero-order chi connectivity index (χ0) is 15.2. The highest BCUT2D eigenvalue weighted by atomic mass is 16.1. The van der Waals surface area contributed by atoms with Crippen LogP contribution in [0.4, 0.5) is 11.6 Å². The Balaban J connectivity index is 2.04. The Morgan fingerprint density at radius 3 is 2.71 bits per heavy atom. The minimum absolute atomic E-state index is 0.131. The molecule has 0 spiro atoms. The normalized spacial score (nSPS) is 15.9. The molecule has 1 aliphatic heterocycles. The molecule has 6 nitrogen and oxygen atoms in total. The van der Waals surface area contributed by atoms with E-state index in [1.807, 2.05) is 0 Å². The number of nitrogens with one attached hydrogen (secondary N) is 2. The lowest BCUT2D eigenvalue weighted by Crippen LogP contribution is -2.40. The van der Waals surface area contributed by atoms with Gasteiger partial charge in [-0.1, -0.05) is 6.92 Å². The van der Waals surface area contributed by atoms with Gasteiger partial charge in [0.1, 0.15) is 18.0 Å². The summed E-state index contributed by atoms with van der Waals surface area (Å²) in [6.45, 7) is 6.83. The number of amides is 1. The lowest BCUT2D eigenvalue weighted by atomic mass is 9.96. The smallest absolute Gasteiger partial charge is 0.222 e. The molecule has 1 saturated heterocycles. The van der Waals surface area contributed by atoms with Gasteiger partial charge in [0.2, 0.25) is 5.91 Å². The van der Waals surface area contributed by atoms with Gasteiger partial charge in [0, 0.05) is 38.2 Å². The van der Waals surface area contributed by atoms with Gasteiger partial charge in [-0.05, 0) is 26.2 Å². The van der Waals surface area contributed by atoms with E-state index in [2.05, 4.69) is 39.3 Å². The third-order valence-corrected chi connectivity index (χ3v) is 4.01. The fourth-order valence-corrected chi connectivity index (χ4v) is 2.74. The van der Waals surface area contributed by atoms with Gasteiger partial charge in [-0.3, -0.25) is 4.79 Å². The topological polar surface area (TPSA) is 70.2 Å². The van der Waals surface area contributed by atoms with E-state index < -0.39 is 0 Å². The molecule has 21 heavy (non-hydrogen) atoms. The second-order valence-corrected chi connectivity index (χ2v) is 5.47. The third kappa shape index (κ3) is 3.62. The van der Waals surface area contributed by atoms with Crippen molar-refractivity contribution in [1.82, 2.24) is 15.3 Å². The van der Waals surface area contributed by atoms with Crippen molar-refractivity contribution in [2.24, 2.45) is 5.92 Å². The number of carbonyl (C=O) groups excluding carboxylic acids is 1. The second-order valence-electron chi connectivity index (χ2n) is 5.47.